The Kier molecular flexibility index (Phi) is 4.99. The molecule has 5 rings (SSSR count). The molecule has 1 heterocycles. The minimum absolute atomic E-state index is 0.0434. The molecule has 0 amide bonds. The first-order chi connectivity index (χ1) is 13.7. The lowest BCUT2D eigenvalue weighted by Gasteiger charge is -2.59. The molecule has 0 unspecified atom stereocenters. The summed E-state index contributed by atoms with van der Waals surface area (Å²) in [6.07, 6.45) is 14.8. The van der Waals surface area contributed by atoms with E-state index in [9.17, 15) is 5.11 Å². The predicted molar refractivity (Wildman–Crippen MR) is 119 cm³/mol. The molecule has 0 aromatic carbocycles. The number of aliphatic hydroxyl groups is 1. The van der Waals surface area contributed by atoms with Gasteiger partial charge in [0.2, 0.25) is 0 Å². The largest absolute Gasteiger partial charge is 0.393 e. The summed E-state index contributed by atoms with van der Waals surface area (Å²) < 4.78 is 6.51. The molecule has 0 radical (unpaired) electrons. The number of ether oxygens (including phenoxy) is 1. The van der Waals surface area contributed by atoms with Gasteiger partial charge in [0.15, 0.2) is 0 Å². The molecular formula is C27H46O2. The summed E-state index contributed by atoms with van der Waals surface area (Å²) in [5.74, 6) is 5.31. The molecule has 2 nitrogen and oxygen atoms in total. The zero-order chi connectivity index (χ0) is 20.6. The molecule has 0 aromatic heterocycles. The Morgan fingerprint density at radius 3 is 2.52 bits per heavy atom. The van der Waals surface area contributed by atoms with E-state index in [2.05, 4.69) is 34.6 Å². The maximum atomic E-state index is 10.4. The van der Waals surface area contributed by atoms with Crippen LogP contribution in [0.2, 0.25) is 0 Å². The summed E-state index contributed by atoms with van der Waals surface area (Å²) in [5.41, 5.74) is 0.932. The van der Waals surface area contributed by atoms with Crippen molar-refractivity contribution in [2.75, 3.05) is 0 Å². The number of hydrogen-bond donors (Lipinski definition) is 1. The van der Waals surface area contributed by atoms with Crippen molar-refractivity contribution in [3.05, 3.63) is 0 Å². The van der Waals surface area contributed by atoms with E-state index in [4.69, 9.17) is 4.74 Å². The highest BCUT2D eigenvalue weighted by atomic mass is 16.6. The molecule has 1 N–H and O–H groups in total. The highest BCUT2D eigenvalue weighted by Gasteiger charge is 2.76. The second kappa shape index (κ2) is 6.96. The monoisotopic (exact) mass is 402 g/mol. The number of rotatable bonds is 5. The summed E-state index contributed by atoms with van der Waals surface area (Å²) in [7, 11) is 0. The van der Waals surface area contributed by atoms with Crippen molar-refractivity contribution < 1.29 is 9.84 Å². The van der Waals surface area contributed by atoms with Crippen LogP contribution in [0.1, 0.15) is 105 Å². The molecule has 29 heavy (non-hydrogen) atoms. The van der Waals surface area contributed by atoms with Crippen LogP contribution in [-0.2, 0) is 4.74 Å². The van der Waals surface area contributed by atoms with Crippen molar-refractivity contribution >= 4 is 0 Å². The Balaban J connectivity index is 1.33. The third kappa shape index (κ3) is 2.94. The van der Waals surface area contributed by atoms with E-state index >= 15 is 0 Å². The quantitative estimate of drug-likeness (QED) is 0.525. The Hall–Kier alpha value is -0.0800. The van der Waals surface area contributed by atoms with Crippen molar-refractivity contribution in [1.29, 1.82) is 0 Å². The standard InChI is InChI=1S/C27H46O2/c1-17(2)7-6-8-18(3)21-9-10-22-20-15-24-27(29-24)16-19(28)11-14-26(27,5)23(20)12-13-25(21,22)4/h17-24,28H,6-16H2,1-5H3/t18-,19+,20-,21-,22+,23-,24-,25-,26+,27-/m0/s1. The molecule has 5 fully saturated rings. The van der Waals surface area contributed by atoms with Crippen LogP contribution in [0.25, 0.3) is 0 Å². The Bertz CT molecular complexity index is 630. The van der Waals surface area contributed by atoms with Gasteiger partial charge in [0, 0.05) is 11.8 Å². The van der Waals surface area contributed by atoms with Gasteiger partial charge in [0.25, 0.3) is 0 Å². The Morgan fingerprint density at radius 1 is 0.966 bits per heavy atom. The van der Waals surface area contributed by atoms with E-state index < -0.39 is 0 Å². The molecule has 4 saturated carbocycles. The van der Waals surface area contributed by atoms with E-state index in [0.717, 1.165) is 48.3 Å². The predicted octanol–water partition coefficient (Wildman–Crippen LogP) is 6.60. The molecular weight excluding hydrogens is 356 g/mol. The van der Waals surface area contributed by atoms with Crippen LogP contribution >= 0.6 is 0 Å². The fourth-order valence-corrected chi connectivity index (χ4v) is 9.68. The summed E-state index contributed by atoms with van der Waals surface area (Å²) in [4.78, 5) is 0. The first kappa shape index (κ1) is 20.8. The fraction of sp³-hybridized carbons (Fsp3) is 1.00. The smallest absolute Gasteiger partial charge is 0.103 e. The van der Waals surface area contributed by atoms with E-state index in [1.54, 1.807) is 0 Å². The van der Waals surface area contributed by atoms with E-state index in [-0.39, 0.29) is 11.7 Å². The van der Waals surface area contributed by atoms with Crippen LogP contribution < -0.4 is 0 Å². The number of epoxide rings is 1. The van der Waals surface area contributed by atoms with Gasteiger partial charge in [0.1, 0.15) is 5.60 Å². The highest BCUT2D eigenvalue weighted by Crippen LogP contribution is 2.74. The van der Waals surface area contributed by atoms with Gasteiger partial charge in [-0.2, -0.15) is 0 Å². The average Bonchev–Trinajstić information content (AvgIpc) is 3.22. The molecule has 0 bridgehead atoms. The normalized spacial score (nSPS) is 54.3. The van der Waals surface area contributed by atoms with Gasteiger partial charge >= 0.3 is 0 Å². The Labute approximate surface area is 179 Å². The third-order valence-corrected chi connectivity index (χ3v) is 11.3. The molecule has 1 saturated heterocycles. The zero-order valence-electron chi connectivity index (χ0n) is 19.8. The van der Waals surface area contributed by atoms with Gasteiger partial charge in [0.05, 0.1) is 12.2 Å². The van der Waals surface area contributed by atoms with Gasteiger partial charge in [-0.05, 0) is 85.9 Å². The van der Waals surface area contributed by atoms with Crippen molar-refractivity contribution in [3.63, 3.8) is 0 Å². The first-order valence-electron chi connectivity index (χ1n) is 13.1. The van der Waals surface area contributed by atoms with Gasteiger partial charge < -0.3 is 9.84 Å². The summed E-state index contributed by atoms with van der Waals surface area (Å²) >= 11 is 0. The lowest BCUT2D eigenvalue weighted by Crippen LogP contribution is -2.58. The fourth-order valence-electron chi connectivity index (χ4n) is 9.68. The van der Waals surface area contributed by atoms with Crippen LogP contribution in [0.3, 0.4) is 0 Å². The van der Waals surface area contributed by atoms with Crippen molar-refractivity contribution in [2.45, 2.75) is 123 Å². The van der Waals surface area contributed by atoms with Crippen LogP contribution in [0.5, 0.6) is 0 Å². The molecule has 1 spiro atoms. The minimum atomic E-state index is -0.124. The van der Waals surface area contributed by atoms with E-state index in [0.29, 0.717) is 16.9 Å². The lowest BCUT2D eigenvalue weighted by atomic mass is 9.44. The maximum absolute atomic E-state index is 10.4. The molecule has 4 aliphatic carbocycles. The summed E-state index contributed by atoms with van der Waals surface area (Å²) in [6, 6.07) is 0. The van der Waals surface area contributed by atoms with Crippen LogP contribution in [0.15, 0.2) is 0 Å². The van der Waals surface area contributed by atoms with Gasteiger partial charge in [-0.15, -0.1) is 0 Å². The zero-order valence-corrected chi connectivity index (χ0v) is 19.8. The van der Waals surface area contributed by atoms with E-state index in [1.165, 1.54) is 57.8 Å². The van der Waals surface area contributed by atoms with Gasteiger partial charge in [-0.3, -0.25) is 0 Å². The summed E-state index contributed by atoms with van der Waals surface area (Å²) in [5, 5.41) is 10.4. The number of hydrogen-bond acceptors (Lipinski definition) is 2. The average molecular weight is 403 g/mol. The van der Waals surface area contributed by atoms with E-state index in [1.807, 2.05) is 0 Å². The third-order valence-electron chi connectivity index (χ3n) is 11.3. The maximum Gasteiger partial charge on any atom is 0.103 e. The lowest BCUT2D eigenvalue weighted by molar-refractivity contribution is -0.116. The molecule has 1 aliphatic heterocycles. The molecule has 10 atom stereocenters. The van der Waals surface area contributed by atoms with Crippen molar-refractivity contribution in [3.8, 4) is 0 Å². The summed E-state index contributed by atoms with van der Waals surface area (Å²) in [6.45, 7) is 12.6. The van der Waals surface area contributed by atoms with Crippen molar-refractivity contribution in [1.82, 2.24) is 0 Å². The minimum Gasteiger partial charge on any atom is -0.393 e. The number of fused-ring (bicyclic) bond motifs is 4. The number of aliphatic hydroxyl groups excluding tert-OH is 1. The van der Waals surface area contributed by atoms with Gasteiger partial charge in [-0.25, -0.2) is 0 Å². The molecule has 166 valence electrons. The molecule has 5 aliphatic rings. The topological polar surface area (TPSA) is 32.8 Å². The highest BCUT2D eigenvalue weighted by molar-refractivity contribution is 5.24. The van der Waals surface area contributed by atoms with Crippen LogP contribution in [0.4, 0.5) is 0 Å². The van der Waals surface area contributed by atoms with Gasteiger partial charge in [-0.1, -0.05) is 53.9 Å². The van der Waals surface area contributed by atoms with Crippen LogP contribution in [0, 0.1) is 46.3 Å². The Morgan fingerprint density at radius 2 is 1.76 bits per heavy atom. The molecule has 2 heteroatoms. The van der Waals surface area contributed by atoms with Crippen LogP contribution in [-0.4, -0.2) is 22.9 Å². The second-order valence-corrected chi connectivity index (χ2v) is 13.0. The van der Waals surface area contributed by atoms with Crippen molar-refractivity contribution in [2.24, 2.45) is 46.3 Å². The second-order valence-electron chi connectivity index (χ2n) is 13.0. The SMILES string of the molecule is CC(C)CCC[C@H](C)[C@@H]1CC[C@@H]2[C@@H]3C[C@@H]4O[C@@]45C[C@H](O)CC[C@]5(C)[C@H]3CC[C@]21C. The first-order valence-corrected chi connectivity index (χ1v) is 13.1. The molecule has 0 aromatic rings.